The topological polar surface area (TPSA) is 73.6 Å². The fourth-order valence-electron chi connectivity index (χ4n) is 2.33. The lowest BCUT2D eigenvalue weighted by atomic mass is 10.2. The normalized spacial score (nSPS) is 10.3. The fraction of sp³-hybridized carbons (Fsp3) is 0.158. The number of aromatic nitrogens is 1. The van der Waals surface area contributed by atoms with E-state index in [9.17, 15) is 4.79 Å². The highest BCUT2D eigenvalue weighted by Crippen LogP contribution is 2.31. The Morgan fingerprint density at radius 1 is 1.24 bits per heavy atom. The van der Waals surface area contributed by atoms with E-state index in [1.165, 1.54) is 6.26 Å². The summed E-state index contributed by atoms with van der Waals surface area (Å²) in [6, 6.07) is 10.6. The number of benzene rings is 1. The van der Waals surface area contributed by atoms with Crippen LogP contribution in [0.15, 0.2) is 59.5 Å². The number of rotatable bonds is 6. The first-order valence-corrected chi connectivity index (χ1v) is 7.72. The molecule has 0 atom stereocenters. The molecule has 0 fully saturated rings. The molecule has 0 radical (unpaired) electrons. The summed E-state index contributed by atoms with van der Waals surface area (Å²) in [6.07, 6.45) is 4.93. The SMILES string of the molecule is COc1ccc(NC(=O)c2ccoc2C)cc1OCc1cccnc1. The van der Waals surface area contributed by atoms with Gasteiger partial charge in [-0.2, -0.15) is 0 Å². The highest BCUT2D eigenvalue weighted by molar-refractivity contribution is 6.05. The van der Waals surface area contributed by atoms with Crippen molar-refractivity contribution < 1.29 is 18.7 Å². The summed E-state index contributed by atoms with van der Waals surface area (Å²) in [5, 5.41) is 2.83. The highest BCUT2D eigenvalue weighted by atomic mass is 16.5. The molecule has 1 amide bonds. The number of ether oxygens (including phenoxy) is 2. The zero-order chi connectivity index (χ0) is 17.6. The first-order valence-electron chi connectivity index (χ1n) is 7.72. The van der Waals surface area contributed by atoms with Crippen molar-refractivity contribution in [1.82, 2.24) is 4.98 Å². The summed E-state index contributed by atoms with van der Waals surface area (Å²) in [6.45, 7) is 2.09. The first-order chi connectivity index (χ1) is 12.2. The lowest BCUT2D eigenvalue weighted by molar-refractivity contribution is 0.102. The molecule has 0 aliphatic carbocycles. The minimum Gasteiger partial charge on any atom is -0.493 e. The lowest BCUT2D eigenvalue weighted by Gasteiger charge is -2.13. The van der Waals surface area contributed by atoms with Crippen molar-refractivity contribution in [1.29, 1.82) is 0 Å². The van der Waals surface area contributed by atoms with Gasteiger partial charge in [-0.15, -0.1) is 0 Å². The molecular formula is C19H18N2O4. The molecule has 3 aromatic rings. The van der Waals surface area contributed by atoms with Crippen LogP contribution in [0.1, 0.15) is 21.7 Å². The van der Waals surface area contributed by atoms with E-state index in [4.69, 9.17) is 13.9 Å². The Morgan fingerprint density at radius 2 is 2.12 bits per heavy atom. The Labute approximate surface area is 145 Å². The number of pyridine rings is 1. The van der Waals surface area contributed by atoms with Gasteiger partial charge in [0.15, 0.2) is 11.5 Å². The maximum Gasteiger partial charge on any atom is 0.259 e. The summed E-state index contributed by atoms with van der Waals surface area (Å²) < 4.78 is 16.3. The number of methoxy groups -OCH3 is 1. The molecule has 1 N–H and O–H groups in total. The van der Waals surface area contributed by atoms with Crippen LogP contribution in [0.2, 0.25) is 0 Å². The van der Waals surface area contributed by atoms with Crippen molar-refractivity contribution in [3.05, 3.63) is 71.9 Å². The van der Waals surface area contributed by atoms with Crippen LogP contribution in [0.5, 0.6) is 11.5 Å². The van der Waals surface area contributed by atoms with Gasteiger partial charge in [0.1, 0.15) is 12.4 Å². The Balaban J connectivity index is 1.75. The summed E-state index contributed by atoms with van der Waals surface area (Å²) in [5.41, 5.74) is 2.04. The van der Waals surface area contributed by atoms with Crippen LogP contribution < -0.4 is 14.8 Å². The minimum atomic E-state index is -0.241. The van der Waals surface area contributed by atoms with Crippen LogP contribution in [-0.4, -0.2) is 18.0 Å². The van der Waals surface area contributed by atoms with Gasteiger partial charge in [-0.25, -0.2) is 0 Å². The molecule has 2 aromatic heterocycles. The van der Waals surface area contributed by atoms with E-state index in [-0.39, 0.29) is 5.91 Å². The minimum absolute atomic E-state index is 0.241. The summed E-state index contributed by atoms with van der Waals surface area (Å²) in [4.78, 5) is 16.3. The molecule has 2 heterocycles. The van der Waals surface area contributed by atoms with Gasteiger partial charge in [0.05, 0.1) is 18.9 Å². The molecule has 0 aliphatic rings. The largest absolute Gasteiger partial charge is 0.493 e. The molecule has 0 bridgehead atoms. The molecule has 25 heavy (non-hydrogen) atoms. The van der Waals surface area contributed by atoms with Crippen molar-refractivity contribution in [2.45, 2.75) is 13.5 Å². The highest BCUT2D eigenvalue weighted by Gasteiger charge is 2.13. The first kappa shape index (κ1) is 16.6. The third-order valence-corrected chi connectivity index (χ3v) is 3.64. The second-order valence-electron chi connectivity index (χ2n) is 5.36. The summed E-state index contributed by atoms with van der Waals surface area (Å²) in [5.74, 6) is 1.45. The van der Waals surface area contributed by atoms with Gasteiger partial charge in [0, 0.05) is 29.7 Å². The molecule has 6 nitrogen and oxygen atoms in total. The molecule has 0 saturated carbocycles. The Kier molecular flexibility index (Phi) is 4.99. The molecule has 1 aromatic carbocycles. The van der Waals surface area contributed by atoms with Crippen molar-refractivity contribution in [2.75, 3.05) is 12.4 Å². The molecule has 0 spiro atoms. The Morgan fingerprint density at radius 3 is 2.80 bits per heavy atom. The van der Waals surface area contributed by atoms with Crippen LogP contribution in [0, 0.1) is 6.92 Å². The van der Waals surface area contributed by atoms with Crippen LogP contribution in [0.4, 0.5) is 5.69 Å². The zero-order valence-electron chi connectivity index (χ0n) is 14.0. The van der Waals surface area contributed by atoms with E-state index >= 15 is 0 Å². The van der Waals surface area contributed by atoms with Crippen LogP contribution in [0.25, 0.3) is 0 Å². The van der Waals surface area contributed by atoms with Crippen LogP contribution in [-0.2, 0) is 6.61 Å². The maximum absolute atomic E-state index is 12.3. The second kappa shape index (κ2) is 7.53. The number of hydrogen-bond acceptors (Lipinski definition) is 5. The third kappa shape index (κ3) is 3.98. The molecule has 0 saturated heterocycles. The standard InChI is InChI=1S/C19H18N2O4/c1-13-16(7-9-24-13)19(22)21-15-5-6-17(23-2)18(10-15)25-12-14-4-3-8-20-11-14/h3-11H,12H2,1-2H3,(H,21,22). The van der Waals surface area contributed by atoms with Gasteiger partial charge in [-0.05, 0) is 31.2 Å². The summed E-state index contributed by atoms with van der Waals surface area (Å²) >= 11 is 0. The van der Waals surface area contributed by atoms with Crippen molar-refractivity contribution >= 4 is 11.6 Å². The van der Waals surface area contributed by atoms with Crippen molar-refractivity contribution in [3.63, 3.8) is 0 Å². The average molecular weight is 338 g/mol. The number of nitrogens with zero attached hydrogens (tertiary/aromatic N) is 1. The molecule has 0 unspecified atom stereocenters. The second-order valence-corrected chi connectivity index (χ2v) is 5.36. The zero-order valence-corrected chi connectivity index (χ0v) is 14.0. The van der Waals surface area contributed by atoms with E-state index in [2.05, 4.69) is 10.3 Å². The Bertz CT molecular complexity index is 859. The summed E-state index contributed by atoms with van der Waals surface area (Å²) in [7, 11) is 1.57. The van der Waals surface area contributed by atoms with E-state index in [0.717, 1.165) is 5.56 Å². The number of hydrogen-bond donors (Lipinski definition) is 1. The number of furan rings is 1. The van der Waals surface area contributed by atoms with Crippen LogP contribution >= 0.6 is 0 Å². The van der Waals surface area contributed by atoms with Crippen LogP contribution in [0.3, 0.4) is 0 Å². The van der Waals surface area contributed by atoms with Gasteiger partial charge in [0.25, 0.3) is 5.91 Å². The monoisotopic (exact) mass is 338 g/mol. The number of anilines is 1. The van der Waals surface area contributed by atoms with Gasteiger partial charge < -0.3 is 19.2 Å². The van der Waals surface area contributed by atoms with Gasteiger partial charge in [-0.3, -0.25) is 9.78 Å². The van der Waals surface area contributed by atoms with E-state index < -0.39 is 0 Å². The fourth-order valence-corrected chi connectivity index (χ4v) is 2.33. The quantitative estimate of drug-likeness (QED) is 0.739. The van der Waals surface area contributed by atoms with Crippen molar-refractivity contribution in [2.24, 2.45) is 0 Å². The number of amides is 1. The van der Waals surface area contributed by atoms with E-state index in [1.807, 2.05) is 12.1 Å². The number of aryl methyl sites for hydroxylation is 1. The molecule has 6 heteroatoms. The average Bonchev–Trinajstić information content (AvgIpc) is 3.07. The maximum atomic E-state index is 12.3. The van der Waals surface area contributed by atoms with Gasteiger partial charge in [0.2, 0.25) is 0 Å². The molecular weight excluding hydrogens is 320 g/mol. The van der Waals surface area contributed by atoms with Gasteiger partial charge >= 0.3 is 0 Å². The van der Waals surface area contributed by atoms with E-state index in [0.29, 0.717) is 35.1 Å². The predicted molar refractivity (Wildman–Crippen MR) is 93.0 cm³/mol. The molecule has 0 aliphatic heterocycles. The van der Waals surface area contributed by atoms with E-state index in [1.54, 1.807) is 50.7 Å². The number of nitrogens with one attached hydrogen (secondary N) is 1. The Hall–Kier alpha value is -3.28. The van der Waals surface area contributed by atoms with Gasteiger partial charge in [-0.1, -0.05) is 6.07 Å². The number of carbonyl (C=O) groups is 1. The lowest BCUT2D eigenvalue weighted by Crippen LogP contribution is -2.12. The van der Waals surface area contributed by atoms with Crippen molar-refractivity contribution in [3.8, 4) is 11.5 Å². The number of carbonyl (C=O) groups excluding carboxylic acids is 1. The predicted octanol–water partition coefficient (Wildman–Crippen LogP) is 3.82. The molecule has 3 rings (SSSR count). The third-order valence-electron chi connectivity index (χ3n) is 3.64. The smallest absolute Gasteiger partial charge is 0.259 e. The molecule has 128 valence electrons.